The minimum absolute atomic E-state index is 0.201. The molecule has 0 saturated carbocycles. The quantitative estimate of drug-likeness (QED) is 0.520. The average molecular weight is 398 g/mol. The van der Waals surface area contributed by atoms with Crippen molar-refractivity contribution >= 4 is 34.7 Å². The van der Waals surface area contributed by atoms with E-state index < -0.39 is 0 Å². The van der Waals surface area contributed by atoms with Crippen LogP contribution in [0.2, 0.25) is 0 Å². The topological polar surface area (TPSA) is 77.0 Å². The molecule has 0 aliphatic rings. The summed E-state index contributed by atoms with van der Waals surface area (Å²) in [7, 11) is 0. The number of benzene rings is 2. The summed E-state index contributed by atoms with van der Waals surface area (Å²) in [5.41, 5.74) is 1.18. The van der Waals surface area contributed by atoms with Crippen molar-refractivity contribution in [3.05, 3.63) is 71.5 Å². The standard InChI is InChI=1S/C18H11FN4O2S2/c19-13-5-1-12(2-6-13)16-22-17(23-27-16)21-15(24)11-3-7-14(8-4-11)25-18-20-9-10-26-18/h1-10H,(H,21,23,24). The molecule has 134 valence electrons. The predicted octanol–water partition coefficient (Wildman–Crippen LogP) is 4.85. The van der Waals surface area contributed by atoms with E-state index in [9.17, 15) is 9.18 Å². The molecule has 4 rings (SSSR count). The Bertz CT molecular complexity index is 1050. The van der Waals surface area contributed by atoms with Gasteiger partial charge < -0.3 is 4.74 Å². The van der Waals surface area contributed by atoms with E-state index in [0.717, 1.165) is 17.1 Å². The van der Waals surface area contributed by atoms with Crippen molar-refractivity contribution in [2.75, 3.05) is 5.32 Å². The van der Waals surface area contributed by atoms with Crippen LogP contribution in [0.1, 0.15) is 10.4 Å². The van der Waals surface area contributed by atoms with Gasteiger partial charge in [-0.1, -0.05) is 11.3 Å². The molecule has 0 unspecified atom stereocenters. The van der Waals surface area contributed by atoms with Gasteiger partial charge in [0.1, 0.15) is 16.6 Å². The zero-order chi connectivity index (χ0) is 18.6. The molecular weight excluding hydrogens is 387 g/mol. The van der Waals surface area contributed by atoms with Crippen LogP contribution < -0.4 is 10.1 Å². The van der Waals surface area contributed by atoms with E-state index in [1.54, 1.807) is 42.6 Å². The van der Waals surface area contributed by atoms with Gasteiger partial charge in [0.05, 0.1) is 0 Å². The predicted molar refractivity (Wildman–Crippen MR) is 102 cm³/mol. The average Bonchev–Trinajstić information content (AvgIpc) is 3.35. The molecule has 2 heterocycles. The molecule has 4 aromatic rings. The van der Waals surface area contributed by atoms with Crippen LogP contribution in [0.25, 0.3) is 10.6 Å². The molecule has 2 aromatic carbocycles. The van der Waals surface area contributed by atoms with Crippen molar-refractivity contribution in [1.82, 2.24) is 14.3 Å². The van der Waals surface area contributed by atoms with Crippen molar-refractivity contribution in [2.24, 2.45) is 0 Å². The molecule has 27 heavy (non-hydrogen) atoms. The van der Waals surface area contributed by atoms with Crippen LogP contribution in [0.5, 0.6) is 10.9 Å². The lowest BCUT2D eigenvalue weighted by Crippen LogP contribution is -2.12. The third kappa shape index (κ3) is 4.15. The summed E-state index contributed by atoms with van der Waals surface area (Å²) >= 11 is 2.51. The van der Waals surface area contributed by atoms with Gasteiger partial charge in [0.15, 0.2) is 0 Å². The Hall–Kier alpha value is -3.17. The first-order valence-corrected chi connectivity index (χ1v) is 9.41. The van der Waals surface area contributed by atoms with Crippen molar-refractivity contribution in [3.63, 3.8) is 0 Å². The molecule has 1 N–H and O–H groups in total. The number of rotatable bonds is 5. The number of hydrogen-bond donors (Lipinski definition) is 1. The number of anilines is 1. The summed E-state index contributed by atoms with van der Waals surface area (Å²) in [6.07, 6.45) is 1.66. The zero-order valence-corrected chi connectivity index (χ0v) is 15.3. The van der Waals surface area contributed by atoms with E-state index in [0.29, 0.717) is 21.5 Å². The maximum absolute atomic E-state index is 13.0. The molecule has 1 amide bonds. The summed E-state index contributed by atoms with van der Waals surface area (Å²) in [6.45, 7) is 0. The Balaban J connectivity index is 1.42. The first-order valence-electron chi connectivity index (χ1n) is 7.76. The minimum Gasteiger partial charge on any atom is -0.431 e. The van der Waals surface area contributed by atoms with Crippen molar-refractivity contribution in [3.8, 4) is 21.5 Å². The molecule has 0 aliphatic heterocycles. The summed E-state index contributed by atoms with van der Waals surface area (Å²) in [4.78, 5) is 20.6. The lowest BCUT2D eigenvalue weighted by Gasteiger charge is -2.04. The second kappa shape index (κ2) is 7.60. The van der Waals surface area contributed by atoms with Gasteiger partial charge in [0, 0.05) is 22.7 Å². The highest BCUT2D eigenvalue weighted by Crippen LogP contribution is 2.25. The highest BCUT2D eigenvalue weighted by atomic mass is 32.1. The third-order valence-electron chi connectivity index (χ3n) is 3.47. The molecule has 9 heteroatoms. The summed E-state index contributed by atoms with van der Waals surface area (Å²) in [5, 5.41) is 5.60. The summed E-state index contributed by atoms with van der Waals surface area (Å²) in [5.74, 6) is 0.137. The largest absolute Gasteiger partial charge is 0.431 e. The van der Waals surface area contributed by atoms with Gasteiger partial charge in [-0.05, 0) is 60.1 Å². The number of hydrogen-bond acceptors (Lipinski definition) is 7. The molecule has 0 atom stereocenters. The highest BCUT2D eigenvalue weighted by molar-refractivity contribution is 7.11. The molecule has 0 spiro atoms. The van der Waals surface area contributed by atoms with Gasteiger partial charge in [-0.3, -0.25) is 10.1 Å². The van der Waals surface area contributed by atoms with Crippen molar-refractivity contribution in [2.45, 2.75) is 0 Å². The van der Waals surface area contributed by atoms with E-state index in [4.69, 9.17) is 4.74 Å². The van der Waals surface area contributed by atoms with E-state index >= 15 is 0 Å². The Kier molecular flexibility index (Phi) is 4.86. The van der Waals surface area contributed by atoms with Crippen LogP contribution in [0.15, 0.2) is 60.1 Å². The Morgan fingerprint density at radius 2 is 1.85 bits per heavy atom. The molecule has 2 aromatic heterocycles. The smallest absolute Gasteiger partial charge is 0.278 e. The number of ether oxygens (including phenoxy) is 1. The molecule has 0 bridgehead atoms. The van der Waals surface area contributed by atoms with Gasteiger partial charge in [0.25, 0.3) is 11.1 Å². The first kappa shape index (κ1) is 17.3. The second-order valence-corrected chi connectivity index (χ2v) is 6.92. The number of nitrogens with zero attached hydrogens (tertiary/aromatic N) is 3. The maximum Gasteiger partial charge on any atom is 0.278 e. The fraction of sp³-hybridized carbons (Fsp3) is 0. The Labute approximate surface area is 161 Å². The van der Waals surface area contributed by atoms with Crippen molar-refractivity contribution in [1.29, 1.82) is 0 Å². The first-order chi connectivity index (χ1) is 13.2. The van der Waals surface area contributed by atoms with Gasteiger partial charge in [-0.15, -0.1) is 0 Å². The van der Waals surface area contributed by atoms with Gasteiger partial charge >= 0.3 is 0 Å². The lowest BCUT2D eigenvalue weighted by atomic mass is 10.2. The number of amides is 1. The van der Waals surface area contributed by atoms with Crippen LogP contribution >= 0.6 is 22.9 Å². The summed E-state index contributed by atoms with van der Waals surface area (Å²) < 4.78 is 22.7. The maximum atomic E-state index is 13.0. The fourth-order valence-corrected chi connectivity index (χ4v) is 3.33. The number of aromatic nitrogens is 3. The third-order valence-corrected chi connectivity index (χ3v) is 4.89. The van der Waals surface area contributed by atoms with E-state index in [2.05, 4.69) is 19.7 Å². The van der Waals surface area contributed by atoms with Crippen LogP contribution in [0.4, 0.5) is 10.3 Å². The monoisotopic (exact) mass is 398 g/mol. The van der Waals surface area contributed by atoms with E-state index in [1.165, 1.54) is 23.5 Å². The van der Waals surface area contributed by atoms with Crippen molar-refractivity contribution < 1.29 is 13.9 Å². The van der Waals surface area contributed by atoms with Gasteiger partial charge in [0.2, 0.25) is 5.95 Å². The number of thiazole rings is 1. The van der Waals surface area contributed by atoms with Gasteiger partial charge in [-0.25, -0.2) is 9.37 Å². The number of carbonyl (C=O) groups is 1. The van der Waals surface area contributed by atoms with Crippen LogP contribution in [-0.2, 0) is 0 Å². The van der Waals surface area contributed by atoms with Crippen LogP contribution in [-0.4, -0.2) is 20.2 Å². The molecule has 6 nitrogen and oxygen atoms in total. The number of nitrogens with one attached hydrogen (secondary N) is 1. The Morgan fingerprint density at radius 3 is 2.56 bits per heavy atom. The van der Waals surface area contributed by atoms with E-state index in [1.807, 2.05) is 5.38 Å². The molecule has 0 aliphatic carbocycles. The highest BCUT2D eigenvalue weighted by Gasteiger charge is 2.12. The number of halogens is 1. The van der Waals surface area contributed by atoms with E-state index in [-0.39, 0.29) is 17.7 Å². The van der Waals surface area contributed by atoms with Gasteiger partial charge in [-0.2, -0.15) is 9.36 Å². The second-order valence-electron chi connectivity index (χ2n) is 5.31. The lowest BCUT2D eigenvalue weighted by molar-refractivity contribution is 0.102. The normalized spacial score (nSPS) is 10.6. The minimum atomic E-state index is -0.334. The summed E-state index contributed by atoms with van der Waals surface area (Å²) in [6, 6.07) is 12.6. The molecule has 0 saturated heterocycles. The zero-order valence-electron chi connectivity index (χ0n) is 13.6. The molecular formula is C18H11FN4O2S2. The van der Waals surface area contributed by atoms with Crippen LogP contribution in [0, 0.1) is 5.82 Å². The van der Waals surface area contributed by atoms with Crippen LogP contribution in [0.3, 0.4) is 0 Å². The Morgan fingerprint density at radius 1 is 1.07 bits per heavy atom. The molecule has 0 radical (unpaired) electrons. The SMILES string of the molecule is O=C(Nc1nsc(-c2ccc(F)cc2)n1)c1ccc(Oc2nccs2)cc1. The molecule has 0 fully saturated rings. The fourth-order valence-electron chi connectivity index (χ4n) is 2.19. The number of carbonyl (C=O) groups excluding carboxylic acids is 1.